The number of anilines is 1. The Kier molecular flexibility index (Phi) is 6.06. The third kappa shape index (κ3) is 4.61. The van der Waals surface area contributed by atoms with Crippen LogP contribution in [0.15, 0.2) is 24.3 Å². The minimum atomic E-state index is -3.30. The van der Waals surface area contributed by atoms with Gasteiger partial charge in [-0.25, -0.2) is 8.42 Å². The van der Waals surface area contributed by atoms with Crippen molar-refractivity contribution in [2.24, 2.45) is 0 Å². The van der Waals surface area contributed by atoms with Crippen molar-refractivity contribution in [1.82, 2.24) is 4.90 Å². The Morgan fingerprint density at radius 3 is 2.38 bits per heavy atom. The van der Waals surface area contributed by atoms with E-state index in [2.05, 4.69) is 0 Å². The number of rotatable bonds is 6. The number of carbonyl (C=O) groups excluding carboxylic acids is 1. The standard InChI is InChI=1S/C16H24N2O5S/c1-4-15(16(19)18-9-11-22-12-10-18)23-14-7-5-13(6-8-14)17(2)24(3,20)21/h5-8,15H,4,9-12H2,1-3H3. The molecule has 1 amide bonds. The molecule has 1 unspecified atom stereocenters. The summed E-state index contributed by atoms with van der Waals surface area (Å²) in [5, 5.41) is 0. The summed E-state index contributed by atoms with van der Waals surface area (Å²) < 4.78 is 35.3. The van der Waals surface area contributed by atoms with Gasteiger partial charge >= 0.3 is 0 Å². The maximum absolute atomic E-state index is 12.5. The summed E-state index contributed by atoms with van der Waals surface area (Å²) in [7, 11) is -1.82. The quantitative estimate of drug-likeness (QED) is 0.763. The average Bonchev–Trinajstić information content (AvgIpc) is 2.59. The normalized spacial score (nSPS) is 16.5. The number of carbonyl (C=O) groups is 1. The van der Waals surface area contributed by atoms with E-state index in [0.29, 0.717) is 44.2 Å². The number of ether oxygens (including phenoxy) is 2. The SMILES string of the molecule is CCC(Oc1ccc(N(C)S(C)(=O)=O)cc1)C(=O)N1CCOCC1. The topological polar surface area (TPSA) is 76.2 Å². The minimum Gasteiger partial charge on any atom is -0.481 e. The van der Waals surface area contributed by atoms with Gasteiger partial charge in [0.15, 0.2) is 6.10 Å². The van der Waals surface area contributed by atoms with Crippen LogP contribution in [-0.2, 0) is 19.6 Å². The molecule has 134 valence electrons. The highest BCUT2D eigenvalue weighted by Gasteiger charge is 2.26. The van der Waals surface area contributed by atoms with Crippen LogP contribution in [0.1, 0.15) is 13.3 Å². The van der Waals surface area contributed by atoms with Crippen molar-refractivity contribution in [3.8, 4) is 5.75 Å². The van der Waals surface area contributed by atoms with E-state index in [1.165, 1.54) is 11.4 Å². The summed E-state index contributed by atoms with van der Waals surface area (Å²) in [4.78, 5) is 14.3. The van der Waals surface area contributed by atoms with Gasteiger partial charge in [0.2, 0.25) is 10.0 Å². The van der Waals surface area contributed by atoms with Crippen molar-refractivity contribution in [3.05, 3.63) is 24.3 Å². The molecular formula is C16H24N2O5S. The Bertz CT molecular complexity index is 654. The molecule has 0 radical (unpaired) electrons. The van der Waals surface area contributed by atoms with Crippen LogP contribution < -0.4 is 9.04 Å². The monoisotopic (exact) mass is 356 g/mol. The second kappa shape index (κ2) is 7.85. The van der Waals surface area contributed by atoms with Gasteiger partial charge in [-0.05, 0) is 30.7 Å². The van der Waals surface area contributed by atoms with Crippen LogP contribution in [0.5, 0.6) is 5.75 Å². The zero-order chi connectivity index (χ0) is 17.7. The third-order valence-electron chi connectivity index (χ3n) is 3.95. The van der Waals surface area contributed by atoms with Gasteiger partial charge in [-0.3, -0.25) is 9.10 Å². The molecule has 1 aromatic rings. The maximum Gasteiger partial charge on any atom is 0.263 e. The first-order chi connectivity index (χ1) is 11.3. The Hall–Kier alpha value is -1.80. The van der Waals surface area contributed by atoms with E-state index in [4.69, 9.17) is 9.47 Å². The summed E-state index contributed by atoms with van der Waals surface area (Å²) >= 11 is 0. The van der Waals surface area contributed by atoms with E-state index in [0.717, 1.165) is 6.26 Å². The molecule has 1 saturated heterocycles. The second-order valence-corrected chi connectivity index (χ2v) is 7.69. The van der Waals surface area contributed by atoms with Crippen LogP contribution in [0.3, 0.4) is 0 Å². The van der Waals surface area contributed by atoms with Crippen LogP contribution in [-0.4, -0.2) is 64.9 Å². The van der Waals surface area contributed by atoms with E-state index in [9.17, 15) is 13.2 Å². The lowest BCUT2D eigenvalue weighted by atomic mass is 10.2. The minimum absolute atomic E-state index is 0.0434. The molecule has 8 heteroatoms. The fourth-order valence-electron chi connectivity index (χ4n) is 2.39. The molecule has 1 aliphatic heterocycles. The first kappa shape index (κ1) is 18.5. The lowest BCUT2D eigenvalue weighted by Gasteiger charge is -2.30. The van der Waals surface area contributed by atoms with Gasteiger partial charge in [0.05, 0.1) is 25.2 Å². The average molecular weight is 356 g/mol. The van der Waals surface area contributed by atoms with Crippen molar-refractivity contribution in [3.63, 3.8) is 0 Å². The number of amides is 1. The molecular weight excluding hydrogens is 332 g/mol. The predicted octanol–water partition coefficient (Wildman–Crippen LogP) is 1.10. The number of benzene rings is 1. The van der Waals surface area contributed by atoms with Gasteiger partial charge in [0, 0.05) is 20.1 Å². The number of sulfonamides is 1. The van der Waals surface area contributed by atoms with Gasteiger partial charge in [0.25, 0.3) is 5.91 Å². The van der Waals surface area contributed by atoms with E-state index < -0.39 is 16.1 Å². The fourth-order valence-corrected chi connectivity index (χ4v) is 2.89. The number of hydrogen-bond donors (Lipinski definition) is 0. The highest BCUT2D eigenvalue weighted by atomic mass is 32.2. The molecule has 7 nitrogen and oxygen atoms in total. The molecule has 1 atom stereocenters. The first-order valence-corrected chi connectivity index (χ1v) is 9.75. The van der Waals surface area contributed by atoms with E-state index in [1.54, 1.807) is 29.2 Å². The molecule has 0 bridgehead atoms. The highest BCUT2D eigenvalue weighted by Crippen LogP contribution is 2.22. The van der Waals surface area contributed by atoms with E-state index >= 15 is 0 Å². The van der Waals surface area contributed by atoms with Gasteiger partial charge in [-0.15, -0.1) is 0 Å². The molecule has 0 aromatic heterocycles. The molecule has 0 N–H and O–H groups in total. The van der Waals surface area contributed by atoms with Crippen molar-refractivity contribution < 1.29 is 22.7 Å². The van der Waals surface area contributed by atoms with E-state index in [1.807, 2.05) is 6.92 Å². The lowest BCUT2D eigenvalue weighted by Crippen LogP contribution is -2.47. The summed E-state index contributed by atoms with van der Waals surface area (Å²) in [6.45, 7) is 4.16. The summed E-state index contributed by atoms with van der Waals surface area (Å²) in [6, 6.07) is 6.66. The zero-order valence-electron chi connectivity index (χ0n) is 14.3. The predicted molar refractivity (Wildman–Crippen MR) is 91.8 cm³/mol. The van der Waals surface area contributed by atoms with Crippen molar-refractivity contribution >= 4 is 21.6 Å². The van der Waals surface area contributed by atoms with Gasteiger partial charge in [0.1, 0.15) is 5.75 Å². The highest BCUT2D eigenvalue weighted by molar-refractivity contribution is 7.92. The number of hydrogen-bond acceptors (Lipinski definition) is 5. The summed E-state index contributed by atoms with van der Waals surface area (Å²) in [5.41, 5.74) is 0.539. The molecule has 1 aliphatic rings. The maximum atomic E-state index is 12.5. The number of nitrogens with zero attached hydrogens (tertiary/aromatic N) is 2. The van der Waals surface area contributed by atoms with Crippen molar-refractivity contribution in [2.75, 3.05) is 43.9 Å². The number of morpholine rings is 1. The van der Waals surface area contributed by atoms with Crippen molar-refractivity contribution in [1.29, 1.82) is 0 Å². The fraction of sp³-hybridized carbons (Fsp3) is 0.562. The molecule has 1 heterocycles. The Morgan fingerprint density at radius 1 is 1.29 bits per heavy atom. The summed E-state index contributed by atoms with van der Waals surface area (Å²) in [5.74, 6) is 0.493. The lowest BCUT2D eigenvalue weighted by molar-refractivity contribution is -0.142. The first-order valence-electron chi connectivity index (χ1n) is 7.90. The van der Waals surface area contributed by atoms with Gasteiger partial charge in [-0.1, -0.05) is 6.92 Å². The molecule has 0 saturated carbocycles. The van der Waals surface area contributed by atoms with Crippen LogP contribution in [0.2, 0.25) is 0 Å². The van der Waals surface area contributed by atoms with Crippen LogP contribution >= 0.6 is 0 Å². The van der Waals surface area contributed by atoms with E-state index in [-0.39, 0.29) is 5.91 Å². The van der Waals surface area contributed by atoms with Gasteiger partial charge < -0.3 is 14.4 Å². The van der Waals surface area contributed by atoms with Crippen LogP contribution in [0.4, 0.5) is 5.69 Å². The third-order valence-corrected chi connectivity index (χ3v) is 5.15. The Morgan fingerprint density at radius 2 is 1.88 bits per heavy atom. The Labute approximate surface area is 143 Å². The largest absolute Gasteiger partial charge is 0.481 e. The molecule has 0 aliphatic carbocycles. The second-order valence-electron chi connectivity index (χ2n) is 5.68. The summed E-state index contributed by atoms with van der Waals surface area (Å²) in [6.07, 6.45) is 1.15. The molecule has 1 fully saturated rings. The smallest absolute Gasteiger partial charge is 0.263 e. The van der Waals surface area contributed by atoms with Crippen LogP contribution in [0.25, 0.3) is 0 Å². The molecule has 2 rings (SSSR count). The Balaban J connectivity index is 2.04. The molecule has 24 heavy (non-hydrogen) atoms. The van der Waals surface area contributed by atoms with Gasteiger partial charge in [-0.2, -0.15) is 0 Å². The van der Waals surface area contributed by atoms with Crippen molar-refractivity contribution in [2.45, 2.75) is 19.4 Å². The zero-order valence-corrected chi connectivity index (χ0v) is 15.1. The molecule has 0 spiro atoms. The molecule has 1 aromatic carbocycles. The van der Waals surface area contributed by atoms with Crippen LogP contribution in [0, 0.1) is 0 Å².